The molecule has 138 valence electrons. The van der Waals surface area contributed by atoms with Crippen LogP contribution in [0.15, 0.2) is 53.6 Å². The number of nitrogens with zero attached hydrogens (tertiary/aromatic N) is 3. The maximum atomic E-state index is 13.0. The zero-order valence-electron chi connectivity index (χ0n) is 14.1. The first kappa shape index (κ1) is 18.2. The van der Waals surface area contributed by atoms with Gasteiger partial charge >= 0.3 is 0 Å². The van der Waals surface area contributed by atoms with Crippen LogP contribution in [0, 0.1) is 15.9 Å². The van der Waals surface area contributed by atoms with E-state index in [-0.39, 0.29) is 42.5 Å². The van der Waals surface area contributed by atoms with E-state index in [0.29, 0.717) is 11.3 Å². The highest BCUT2D eigenvalue weighted by Gasteiger charge is 2.24. The number of hydrazone groups is 1. The number of benzene rings is 2. The fourth-order valence-electron chi connectivity index (χ4n) is 2.52. The number of hydrogen-bond donors (Lipinski definition) is 1. The number of rotatable bonds is 5. The number of nitrogens with one attached hydrogen (secondary N) is 1. The molecular weight excluding hydrogens is 355 g/mol. The Hall–Kier alpha value is -3.62. The van der Waals surface area contributed by atoms with Gasteiger partial charge in [-0.1, -0.05) is 12.1 Å². The van der Waals surface area contributed by atoms with Crippen molar-refractivity contribution in [3.8, 4) is 0 Å². The van der Waals surface area contributed by atoms with Gasteiger partial charge in [0.15, 0.2) is 0 Å². The zero-order valence-corrected chi connectivity index (χ0v) is 14.1. The smallest absolute Gasteiger partial charge is 0.271 e. The lowest BCUT2D eigenvalue weighted by atomic mass is 10.1. The zero-order chi connectivity index (χ0) is 19.4. The monoisotopic (exact) mass is 370 g/mol. The molecule has 0 aromatic heterocycles. The largest absolute Gasteiger partial charge is 0.321 e. The van der Waals surface area contributed by atoms with E-state index >= 15 is 0 Å². The molecule has 0 unspecified atom stereocenters. The first-order valence-corrected chi connectivity index (χ1v) is 8.10. The van der Waals surface area contributed by atoms with E-state index in [0.717, 1.165) is 0 Å². The van der Waals surface area contributed by atoms with Crippen molar-refractivity contribution in [1.82, 2.24) is 5.01 Å². The molecule has 0 aliphatic carbocycles. The Morgan fingerprint density at radius 3 is 2.44 bits per heavy atom. The molecule has 1 aliphatic heterocycles. The van der Waals surface area contributed by atoms with Gasteiger partial charge in [0.05, 0.1) is 11.5 Å². The number of nitro groups is 1. The van der Waals surface area contributed by atoms with Gasteiger partial charge < -0.3 is 5.32 Å². The molecule has 0 spiro atoms. The second-order valence-electron chi connectivity index (χ2n) is 5.88. The average molecular weight is 370 g/mol. The van der Waals surface area contributed by atoms with Crippen molar-refractivity contribution in [2.45, 2.75) is 19.4 Å². The Morgan fingerprint density at radius 1 is 1.15 bits per heavy atom. The third-order valence-electron chi connectivity index (χ3n) is 3.95. The van der Waals surface area contributed by atoms with Gasteiger partial charge in [0.1, 0.15) is 11.5 Å². The van der Waals surface area contributed by atoms with Gasteiger partial charge in [-0.25, -0.2) is 9.40 Å². The topological polar surface area (TPSA) is 105 Å². The fraction of sp³-hybridized carbons (Fsp3) is 0.167. The number of non-ortho nitro benzene ring substituents is 1. The first-order valence-electron chi connectivity index (χ1n) is 8.10. The molecule has 9 heteroatoms. The fourth-order valence-corrected chi connectivity index (χ4v) is 2.52. The van der Waals surface area contributed by atoms with E-state index in [9.17, 15) is 24.1 Å². The van der Waals surface area contributed by atoms with E-state index in [1.807, 2.05) is 0 Å². The number of carbonyl (C=O) groups excluding carboxylic acids is 2. The molecule has 2 aromatic rings. The molecule has 8 nitrogen and oxygen atoms in total. The molecule has 1 aliphatic rings. The van der Waals surface area contributed by atoms with Crippen molar-refractivity contribution in [3.05, 3.63) is 70.0 Å². The molecule has 0 saturated heterocycles. The minimum atomic E-state index is -0.532. The van der Waals surface area contributed by atoms with Gasteiger partial charge in [0, 0.05) is 30.7 Å². The van der Waals surface area contributed by atoms with Crippen molar-refractivity contribution in [2.75, 3.05) is 5.32 Å². The van der Waals surface area contributed by atoms with Crippen LogP contribution < -0.4 is 5.32 Å². The molecule has 0 atom stereocenters. The summed E-state index contributed by atoms with van der Waals surface area (Å²) in [4.78, 5) is 34.5. The van der Waals surface area contributed by atoms with E-state index in [1.54, 1.807) is 12.1 Å². The second kappa shape index (κ2) is 7.73. The number of hydrogen-bond acceptors (Lipinski definition) is 5. The highest BCUT2D eigenvalue weighted by atomic mass is 19.1. The highest BCUT2D eigenvalue weighted by molar-refractivity contribution is 6.43. The Kier molecular flexibility index (Phi) is 5.20. The van der Waals surface area contributed by atoms with Crippen LogP contribution in [0.1, 0.15) is 18.4 Å². The Bertz CT molecular complexity index is 910. The van der Waals surface area contributed by atoms with Crippen LogP contribution in [-0.2, 0) is 16.1 Å². The lowest BCUT2D eigenvalue weighted by Gasteiger charge is -2.23. The number of nitro benzene ring substituents is 1. The molecule has 2 amide bonds. The normalized spacial score (nSPS) is 13.9. The maximum absolute atomic E-state index is 13.0. The summed E-state index contributed by atoms with van der Waals surface area (Å²) in [6.45, 7) is 0.132. The summed E-state index contributed by atoms with van der Waals surface area (Å²) in [5.74, 6) is -1.10. The van der Waals surface area contributed by atoms with Gasteiger partial charge in [0.25, 0.3) is 11.6 Å². The summed E-state index contributed by atoms with van der Waals surface area (Å²) in [6, 6.07) is 11.1. The van der Waals surface area contributed by atoms with Crippen molar-refractivity contribution in [1.29, 1.82) is 0 Å². The van der Waals surface area contributed by atoms with E-state index in [4.69, 9.17) is 0 Å². The second-order valence-corrected chi connectivity index (χ2v) is 5.88. The summed E-state index contributed by atoms with van der Waals surface area (Å²) < 4.78 is 13.0. The molecule has 1 heterocycles. The Labute approximate surface area is 153 Å². The predicted octanol–water partition coefficient (Wildman–Crippen LogP) is 2.85. The van der Waals surface area contributed by atoms with E-state index < -0.39 is 10.8 Å². The van der Waals surface area contributed by atoms with Gasteiger partial charge in [-0.2, -0.15) is 5.10 Å². The summed E-state index contributed by atoms with van der Waals surface area (Å²) in [6.07, 6.45) is 0.325. The molecule has 3 rings (SSSR count). The van der Waals surface area contributed by atoms with Crippen LogP contribution in [-0.4, -0.2) is 27.5 Å². The number of carbonyl (C=O) groups is 2. The van der Waals surface area contributed by atoms with Crippen LogP contribution in [0.4, 0.5) is 15.8 Å². The van der Waals surface area contributed by atoms with Crippen LogP contribution in [0.3, 0.4) is 0 Å². The molecular formula is C18H15FN4O4. The predicted molar refractivity (Wildman–Crippen MR) is 95.3 cm³/mol. The highest BCUT2D eigenvalue weighted by Crippen LogP contribution is 2.18. The molecule has 1 N–H and O–H groups in total. The van der Waals surface area contributed by atoms with E-state index in [2.05, 4.69) is 10.4 Å². The van der Waals surface area contributed by atoms with Crippen LogP contribution in [0.25, 0.3) is 0 Å². The molecule has 0 bridgehead atoms. The van der Waals surface area contributed by atoms with Crippen molar-refractivity contribution >= 4 is 28.9 Å². The molecule has 0 radical (unpaired) electrons. The van der Waals surface area contributed by atoms with Gasteiger partial charge in [0.2, 0.25) is 5.91 Å². The summed E-state index contributed by atoms with van der Waals surface area (Å²) in [7, 11) is 0. The van der Waals surface area contributed by atoms with Crippen LogP contribution in [0.2, 0.25) is 0 Å². The average Bonchev–Trinajstić information content (AvgIpc) is 2.65. The van der Waals surface area contributed by atoms with E-state index in [1.165, 1.54) is 41.4 Å². The van der Waals surface area contributed by atoms with Crippen molar-refractivity contribution in [2.24, 2.45) is 5.10 Å². The minimum absolute atomic E-state index is 0.0842. The van der Waals surface area contributed by atoms with Gasteiger partial charge in [-0.05, 0) is 29.8 Å². The van der Waals surface area contributed by atoms with Crippen LogP contribution >= 0.6 is 0 Å². The Morgan fingerprint density at radius 2 is 1.81 bits per heavy atom. The van der Waals surface area contributed by atoms with Gasteiger partial charge in [-0.3, -0.25) is 19.7 Å². The Balaban J connectivity index is 1.70. The first-order chi connectivity index (χ1) is 12.9. The maximum Gasteiger partial charge on any atom is 0.271 e. The summed E-state index contributed by atoms with van der Waals surface area (Å²) in [5, 5.41) is 18.6. The number of halogens is 1. The lowest BCUT2D eigenvalue weighted by molar-refractivity contribution is -0.384. The summed E-state index contributed by atoms with van der Waals surface area (Å²) in [5.41, 5.74) is 1.16. The third-order valence-corrected chi connectivity index (χ3v) is 3.95. The van der Waals surface area contributed by atoms with Gasteiger partial charge in [-0.15, -0.1) is 0 Å². The molecule has 27 heavy (non-hydrogen) atoms. The lowest BCUT2D eigenvalue weighted by Crippen LogP contribution is -2.36. The standard InChI is InChI=1S/C18H15FN4O4/c19-13-3-1-12(2-4-13)11-22-17(24)10-9-16(21-22)18(25)20-14-5-7-15(8-6-14)23(26)27/h1-8H,9-11H2,(H,20,25). The molecule has 0 saturated carbocycles. The van der Waals surface area contributed by atoms with Crippen LogP contribution in [0.5, 0.6) is 0 Å². The van der Waals surface area contributed by atoms with Crippen molar-refractivity contribution < 1.29 is 18.9 Å². The number of amides is 2. The SMILES string of the molecule is O=C(Nc1ccc([N+](=O)[O-])cc1)C1=NN(Cc2ccc(F)cc2)C(=O)CC1. The number of anilines is 1. The third kappa shape index (κ3) is 4.51. The van der Waals surface area contributed by atoms with Crippen molar-refractivity contribution in [3.63, 3.8) is 0 Å². The quantitative estimate of drug-likeness (QED) is 0.645. The summed E-state index contributed by atoms with van der Waals surface area (Å²) >= 11 is 0. The molecule has 0 fully saturated rings. The molecule has 2 aromatic carbocycles. The minimum Gasteiger partial charge on any atom is -0.321 e.